The Morgan fingerprint density at radius 3 is 2.88 bits per heavy atom. The average molecular weight is 235 g/mol. The van der Waals surface area contributed by atoms with Gasteiger partial charge in [0.1, 0.15) is 5.82 Å². The van der Waals surface area contributed by atoms with E-state index in [1.807, 2.05) is 37.7 Å². The summed E-state index contributed by atoms with van der Waals surface area (Å²) < 4.78 is 2.18. The van der Waals surface area contributed by atoms with Gasteiger partial charge >= 0.3 is 0 Å². The fraction of sp³-hybridized carbons (Fsp3) is 0.417. The van der Waals surface area contributed by atoms with Crippen molar-refractivity contribution in [2.24, 2.45) is 0 Å². The number of nitrogens with zero attached hydrogens (tertiary/aromatic N) is 2. The first-order chi connectivity index (χ1) is 7.70. The van der Waals surface area contributed by atoms with Crippen molar-refractivity contribution < 1.29 is 0 Å². The molecule has 0 saturated carbocycles. The fourth-order valence-corrected chi connectivity index (χ4v) is 2.83. The molecule has 2 aromatic rings. The molecule has 3 nitrogen and oxygen atoms in total. The molecule has 2 heterocycles. The van der Waals surface area contributed by atoms with Gasteiger partial charge in [-0.15, -0.1) is 11.3 Å². The highest BCUT2D eigenvalue weighted by Gasteiger charge is 2.06. The molecule has 0 saturated heterocycles. The van der Waals surface area contributed by atoms with Crippen LogP contribution in [0.15, 0.2) is 18.5 Å². The highest BCUT2D eigenvalue weighted by atomic mass is 32.1. The molecule has 4 heteroatoms. The van der Waals surface area contributed by atoms with Crippen molar-refractivity contribution in [1.82, 2.24) is 14.9 Å². The van der Waals surface area contributed by atoms with Gasteiger partial charge < -0.3 is 9.88 Å². The summed E-state index contributed by atoms with van der Waals surface area (Å²) in [5.41, 5.74) is 1.40. The van der Waals surface area contributed by atoms with Crippen LogP contribution in [0.5, 0.6) is 0 Å². The van der Waals surface area contributed by atoms with Crippen molar-refractivity contribution in [2.75, 3.05) is 7.05 Å². The summed E-state index contributed by atoms with van der Waals surface area (Å²) in [4.78, 5) is 7.04. The Hall–Kier alpha value is -1.13. The van der Waals surface area contributed by atoms with Crippen LogP contribution in [0.3, 0.4) is 0 Å². The zero-order valence-corrected chi connectivity index (χ0v) is 10.8. The average Bonchev–Trinajstić information content (AvgIpc) is 2.77. The van der Waals surface area contributed by atoms with Crippen LogP contribution in [-0.4, -0.2) is 16.6 Å². The molecule has 0 fully saturated rings. The van der Waals surface area contributed by atoms with Crippen molar-refractivity contribution in [2.45, 2.75) is 26.9 Å². The lowest BCUT2D eigenvalue weighted by Crippen LogP contribution is -2.03. The number of aryl methyl sites for hydroxylation is 2. The third kappa shape index (κ3) is 2.33. The zero-order chi connectivity index (χ0) is 11.5. The molecule has 0 bridgehead atoms. The molecule has 0 aromatic carbocycles. The van der Waals surface area contributed by atoms with Gasteiger partial charge in [-0.1, -0.05) is 0 Å². The van der Waals surface area contributed by atoms with Gasteiger partial charge in [-0.25, -0.2) is 4.98 Å². The molecule has 86 valence electrons. The predicted molar refractivity (Wildman–Crippen MR) is 67.9 cm³/mol. The molecular formula is C12H17N3S. The number of thiophene rings is 1. The van der Waals surface area contributed by atoms with Crippen molar-refractivity contribution in [3.05, 3.63) is 39.6 Å². The van der Waals surface area contributed by atoms with Gasteiger partial charge in [0.25, 0.3) is 0 Å². The van der Waals surface area contributed by atoms with E-state index in [0.717, 1.165) is 18.9 Å². The van der Waals surface area contributed by atoms with Crippen LogP contribution in [0, 0.1) is 13.8 Å². The van der Waals surface area contributed by atoms with Gasteiger partial charge in [-0.05, 0) is 32.5 Å². The number of aromatic nitrogens is 2. The third-order valence-corrected chi connectivity index (χ3v) is 3.78. The second-order valence-electron chi connectivity index (χ2n) is 3.93. The summed E-state index contributed by atoms with van der Waals surface area (Å²) in [6.07, 6.45) is 3.88. The normalized spacial score (nSPS) is 10.9. The zero-order valence-electron chi connectivity index (χ0n) is 9.95. The van der Waals surface area contributed by atoms with Crippen LogP contribution in [0.25, 0.3) is 0 Å². The molecule has 0 spiro atoms. The Morgan fingerprint density at radius 1 is 1.44 bits per heavy atom. The lowest BCUT2D eigenvalue weighted by Gasteiger charge is -2.03. The van der Waals surface area contributed by atoms with Crippen molar-refractivity contribution in [3.63, 3.8) is 0 Å². The Morgan fingerprint density at radius 2 is 2.25 bits per heavy atom. The molecule has 2 rings (SSSR count). The second-order valence-corrected chi connectivity index (χ2v) is 5.27. The van der Waals surface area contributed by atoms with E-state index < -0.39 is 0 Å². The van der Waals surface area contributed by atoms with Crippen molar-refractivity contribution in [3.8, 4) is 0 Å². The minimum atomic E-state index is 0.928. The van der Waals surface area contributed by atoms with Gasteiger partial charge in [-0.3, -0.25) is 0 Å². The van der Waals surface area contributed by atoms with Crippen LogP contribution >= 0.6 is 11.3 Å². The topological polar surface area (TPSA) is 29.9 Å². The van der Waals surface area contributed by atoms with E-state index in [1.54, 1.807) is 0 Å². The molecule has 0 aliphatic carbocycles. The van der Waals surface area contributed by atoms with Gasteiger partial charge in [0.15, 0.2) is 0 Å². The number of nitrogens with one attached hydrogen (secondary N) is 1. The van der Waals surface area contributed by atoms with Gasteiger partial charge in [0.05, 0.1) is 0 Å². The lowest BCUT2D eigenvalue weighted by atomic mass is 10.2. The molecule has 16 heavy (non-hydrogen) atoms. The Bertz CT molecular complexity index is 470. The summed E-state index contributed by atoms with van der Waals surface area (Å²) in [6.45, 7) is 6.11. The molecule has 0 radical (unpaired) electrons. The first kappa shape index (κ1) is 11.4. The molecule has 2 aromatic heterocycles. The summed E-state index contributed by atoms with van der Waals surface area (Å²) in [6, 6.07) is 2.29. The SMILES string of the molecule is CNCc1cc(Cn2ccnc2C)c(C)s1. The first-order valence-corrected chi connectivity index (χ1v) is 6.23. The second kappa shape index (κ2) is 4.80. The van der Waals surface area contributed by atoms with Gasteiger partial charge in [0, 0.05) is 35.2 Å². The van der Waals surface area contributed by atoms with E-state index in [2.05, 4.69) is 27.9 Å². The van der Waals surface area contributed by atoms with E-state index >= 15 is 0 Å². The maximum Gasteiger partial charge on any atom is 0.105 e. The lowest BCUT2D eigenvalue weighted by molar-refractivity contribution is 0.759. The van der Waals surface area contributed by atoms with Gasteiger partial charge in [-0.2, -0.15) is 0 Å². The van der Waals surface area contributed by atoms with E-state index in [-0.39, 0.29) is 0 Å². The van der Waals surface area contributed by atoms with E-state index in [9.17, 15) is 0 Å². The molecule has 0 aliphatic rings. The predicted octanol–water partition coefficient (Wildman–Crippen LogP) is 2.33. The number of hydrogen-bond acceptors (Lipinski definition) is 3. The van der Waals surface area contributed by atoms with Crippen LogP contribution < -0.4 is 5.32 Å². The molecule has 0 aliphatic heterocycles. The molecule has 1 N–H and O–H groups in total. The Balaban J connectivity index is 2.18. The van der Waals surface area contributed by atoms with Crippen molar-refractivity contribution in [1.29, 1.82) is 0 Å². The maximum absolute atomic E-state index is 4.24. The van der Waals surface area contributed by atoms with E-state index in [0.29, 0.717) is 0 Å². The van der Waals surface area contributed by atoms with Crippen LogP contribution in [0.4, 0.5) is 0 Å². The smallest absolute Gasteiger partial charge is 0.105 e. The van der Waals surface area contributed by atoms with E-state index in [1.165, 1.54) is 15.3 Å². The largest absolute Gasteiger partial charge is 0.331 e. The first-order valence-electron chi connectivity index (χ1n) is 5.41. The Labute approximate surface area is 100 Å². The maximum atomic E-state index is 4.24. The minimum Gasteiger partial charge on any atom is -0.331 e. The summed E-state index contributed by atoms with van der Waals surface area (Å²) in [5, 5.41) is 3.19. The molecule has 0 unspecified atom stereocenters. The van der Waals surface area contributed by atoms with Crippen LogP contribution in [-0.2, 0) is 13.1 Å². The highest BCUT2D eigenvalue weighted by molar-refractivity contribution is 7.12. The molecular weight excluding hydrogens is 218 g/mol. The van der Waals surface area contributed by atoms with E-state index in [4.69, 9.17) is 0 Å². The quantitative estimate of drug-likeness (QED) is 0.881. The standard InChI is InChI=1S/C12H17N3S/c1-9-11(6-12(16-9)7-13-3)8-15-5-4-14-10(15)2/h4-6,13H,7-8H2,1-3H3. The number of imidazole rings is 1. The monoisotopic (exact) mass is 235 g/mol. The Kier molecular flexibility index (Phi) is 3.41. The highest BCUT2D eigenvalue weighted by Crippen LogP contribution is 2.22. The van der Waals surface area contributed by atoms with Gasteiger partial charge in [0.2, 0.25) is 0 Å². The van der Waals surface area contributed by atoms with Crippen LogP contribution in [0.2, 0.25) is 0 Å². The summed E-state index contributed by atoms with van der Waals surface area (Å²) >= 11 is 1.87. The fourth-order valence-electron chi connectivity index (χ4n) is 1.76. The molecule has 0 atom stereocenters. The summed E-state index contributed by atoms with van der Waals surface area (Å²) in [7, 11) is 1.98. The van der Waals surface area contributed by atoms with Crippen LogP contribution in [0.1, 0.15) is 21.1 Å². The number of hydrogen-bond donors (Lipinski definition) is 1. The summed E-state index contributed by atoms with van der Waals surface area (Å²) in [5.74, 6) is 1.07. The minimum absolute atomic E-state index is 0.928. The van der Waals surface area contributed by atoms with Crippen molar-refractivity contribution >= 4 is 11.3 Å². The molecule has 0 amide bonds. The third-order valence-electron chi connectivity index (χ3n) is 2.69. The number of rotatable bonds is 4.